The molecule has 196 valence electrons. The van der Waals surface area contributed by atoms with Crippen LogP contribution in [0, 0.1) is 0 Å². The Morgan fingerprint density at radius 1 is 0.917 bits per heavy atom. The Morgan fingerprint density at radius 2 is 1.42 bits per heavy atom. The lowest BCUT2D eigenvalue weighted by Gasteiger charge is -2.27. The fraction of sp³-hybridized carbons (Fsp3) is 0.533. The van der Waals surface area contributed by atoms with Crippen molar-refractivity contribution in [3.63, 3.8) is 0 Å². The molecule has 1 unspecified atom stereocenters. The molecule has 0 bridgehead atoms. The second-order valence-electron chi connectivity index (χ2n) is 11.7. The Bertz CT molecular complexity index is 959. The molecule has 0 radical (unpaired) electrons. The molecule has 36 heavy (non-hydrogen) atoms. The van der Waals surface area contributed by atoms with E-state index in [-0.39, 0.29) is 42.0 Å². The summed E-state index contributed by atoms with van der Waals surface area (Å²) >= 11 is 0. The number of amides is 1. The molecule has 0 aromatic heterocycles. The van der Waals surface area contributed by atoms with Gasteiger partial charge in [-0.15, -0.1) is 0 Å². The largest absolute Gasteiger partial charge is 0.465 e. The summed E-state index contributed by atoms with van der Waals surface area (Å²) in [6.45, 7) is 15.7. The van der Waals surface area contributed by atoms with Crippen molar-refractivity contribution in [3.05, 3.63) is 70.8 Å². The first-order chi connectivity index (χ1) is 16.9. The molecule has 0 spiro atoms. The van der Waals surface area contributed by atoms with E-state index in [0.29, 0.717) is 13.0 Å². The van der Waals surface area contributed by atoms with Gasteiger partial charge in [-0.3, -0.25) is 4.79 Å². The highest BCUT2D eigenvalue weighted by Gasteiger charge is 2.34. The molecule has 3 rings (SSSR count). The smallest absolute Gasteiger partial charge is 0.407 e. The predicted molar refractivity (Wildman–Crippen MR) is 143 cm³/mol. The number of nitrogens with one attached hydrogen (secondary N) is 2. The average Bonchev–Trinajstić information content (AvgIpc) is 3.25. The third kappa shape index (κ3) is 7.33. The van der Waals surface area contributed by atoms with Crippen LogP contribution in [0.2, 0.25) is 0 Å². The van der Waals surface area contributed by atoms with Gasteiger partial charge in [0.25, 0.3) is 0 Å². The fourth-order valence-electron chi connectivity index (χ4n) is 4.66. The van der Waals surface area contributed by atoms with Gasteiger partial charge in [-0.25, -0.2) is 4.79 Å². The predicted octanol–water partition coefficient (Wildman–Crippen LogP) is 5.43. The third-order valence-corrected chi connectivity index (χ3v) is 6.75. The topological polar surface area (TPSA) is 76.7 Å². The molecular weight excluding hydrogens is 452 g/mol. The number of carbonyl (C=O) groups excluding carboxylic acids is 2. The number of hydrogen-bond donors (Lipinski definition) is 2. The normalized spacial score (nSPS) is 18.2. The lowest BCUT2D eigenvalue weighted by atomic mass is 9.80. The first kappa shape index (κ1) is 27.7. The van der Waals surface area contributed by atoms with Gasteiger partial charge >= 0.3 is 12.1 Å². The minimum Gasteiger partial charge on any atom is -0.465 e. The number of esters is 1. The zero-order valence-corrected chi connectivity index (χ0v) is 22.8. The van der Waals surface area contributed by atoms with Gasteiger partial charge in [0.2, 0.25) is 0 Å². The first-order valence-corrected chi connectivity index (χ1v) is 12.9. The van der Waals surface area contributed by atoms with Crippen molar-refractivity contribution in [3.8, 4) is 0 Å². The molecule has 1 saturated heterocycles. The van der Waals surface area contributed by atoms with Crippen molar-refractivity contribution in [2.75, 3.05) is 19.7 Å². The van der Waals surface area contributed by atoms with Gasteiger partial charge in [-0.05, 0) is 40.0 Å². The number of ether oxygens (including phenoxy) is 2. The zero-order chi connectivity index (χ0) is 26.5. The van der Waals surface area contributed by atoms with Crippen LogP contribution in [0.15, 0.2) is 48.5 Å². The maximum absolute atomic E-state index is 12.2. The Hall–Kier alpha value is -2.86. The van der Waals surface area contributed by atoms with E-state index < -0.39 is 12.1 Å². The highest BCUT2D eigenvalue weighted by molar-refractivity contribution is 5.77. The lowest BCUT2D eigenvalue weighted by molar-refractivity contribution is -0.141. The van der Waals surface area contributed by atoms with Crippen LogP contribution in [-0.4, -0.2) is 43.9 Å². The number of carbonyl (C=O) groups is 2. The van der Waals surface area contributed by atoms with Gasteiger partial charge < -0.3 is 20.1 Å². The summed E-state index contributed by atoms with van der Waals surface area (Å²) in [5, 5.41) is 6.07. The van der Waals surface area contributed by atoms with Crippen LogP contribution in [-0.2, 0) is 25.1 Å². The summed E-state index contributed by atoms with van der Waals surface area (Å²) in [6.07, 6.45) is -0.196. The lowest BCUT2D eigenvalue weighted by Crippen LogP contribution is -2.34. The first-order valence-electron chi connectivity index (χ1n) is 12.9. The van der Waals surface area contributed by atoms with Crippen LogP contribution in [0.1, 0.15) is 83.1 Å². The van der Waals surface area contributed by atoms with Crippen LogP contribution in [0.5, 0.6) is 0 Å². The maximum Gasteiger partial charge on any atom is 0.407 e. The van der Waals surface area contributed by atoms with E-state index in [2.05, 4.69) is 101 Å². The second kappa shape index (κ2) is 11.5. The summed E-state index contributed by atoms with van der Waals surface area (Å²) in [4.78, 5) is 23.7. The van der Waals surface area contributed by atoms with Crippen molar-refractivity contribution in [1.82, 2.24) is 10.6 Å². The van der Waals surface area contributed by atoms with Gasteiger partial charge in [-0.2, -0.15) is 0 Å². The molecule has 2 aromatic rings. The second-order valence-corrected chi connectivity index (χ2v) is 11.7. The van der Waals surface area contributed by atoms with Crippen LogP contribution < -0.4 is 10.6 Å². The van der Waals surface area contributed by atoms with E-state index in [1.54, 1.807) is 6.92 Å². The van der Waals surface area contributed by atoms with E-state index >= 15 is 0 Å². The van der Waals surface area contributed by atoms with Gasteiger partial charge in [-0.1, -0.05) is 90.1 Å². The minimum absolute atomic E-state index is 0.0871. The molecule has 6 heteroatoms. The van der Waals surface area contributed by atoms with Crippen LogP contribution in [0.25, 0.3) is 0 Å². The Morgan fingerprint density at radius 3 is 1.86 bits per heavy atom. The standard InChI is InChI=1S/C30H42N2O4/c1-8-35-26(33)19-32-28(34)36-24-17-25(31-18-24)27(20-9-13-22(14-10-20)29(2,3)4)21-11-15-23(16-12-21)30(5,6)7/h9-16,24-25,27,31H,8,17-19H2,1-7H3,(H,32,34)/t24-,25?/m1/s1. The fourth-order valence-corrected chi connectivity index (χ4v) is 4.66. The quantitative estimate of drug-likeness (QED) is 0.502. The van der Waals surface area contributed by atoms with Gasteiger partial charge in [0.15, 0.2) is 0 Å². The number of rotatable bonds is 7. The molecule has 1 heterocycles. The molecule has 2 aromatic carbocycles. The number of benzene rings is 2. The number of alkyl carbamates (subject to hydrolysis) is 1. The van der Waals surface area contributed by atoms with Gasteiger partial charge in [0.1, 0.15) is 12.6 Å². The van der Waals surface area contributed by atoms with Crippen molar-refractivity contribution >= 4 is 12.1 Å². The molecule has 2 N–H and O–H groups in total. The molecule has 1 aliphatic rings. The molecule has 1 fully saturated rings. The van der Waals surface area contributed by atoms with E-state index in [9.17, 15) is 9.59 Å². The van der Waals surface area contributed by atoms with Gasteiger partial charge in [0.05, 0.1) is 6.61 Å². The summed E-state index contributed by atoms with van der Waals surface area (Å²) in [6, 6.07) is 17.9. The highest BCUT2D eigenvalue weighted by atomic mass is 16.6. The van der Waals surface area contributed by atoms with Crippen LogP contribution in [0.3, 0.4) is 0 Å². The van der Waals surface area contributed by atoms with E-state index in [4.69, 9.17) is 9.47 Å². The molecular formula is C30H42N2O4. The maximum atomic E-state index is 12.2. The van der Waals surface area contributed by atoms with Gasteiger partial charge in [0, 0.05) is 24.9 Å². The van der Waals surface area contributed by atoms with Crippen LogP contribution in [0.4, 0.5) is 4.79 Å². The monoisotopic (exact) mass is 494 g/mol. The molecule has 0 saturated carbocycles. The SMILES string of the molecule is CCOC(=O)CNC(=O)O[C@H]1CNC(C(c2ccc(C(C)(C)C)cc2)c2ccc(C(C)(C)C)cc2)C1. The van der Waals surface area contributed by atoms with E-state index in [0.717, 1.165) is 0 Å². The van der Waals surface area contributed by atoms with E-state index in [1.807, 2.05) is 0 Å². The molecule has 6 nitrogen and oxygen atoms in total. The van der Waals surface area contributed by atoms with Crippen molar-refractivity contribution in [2.45, 2.75) is 83.8 Å². The molecule has 2 atom stereocenters. The van der Waals surface area contributed by atoms with E-state index in [1.165, 1.54) is 22.3 Å². The van der Waals surface area contributed by atoms with Crippen molar-refractivity contribution < 1.29 is 19.1 Å². The summed E-state index contributed by atoms with van der Waals surface area (Å²) < 4.78 is 10.4. The summed E-state index contributed by atoms with van der Waals surface area (Å²) in [5.74, 6) is -0.362. The van der Waals surface area contributed by atoms with Crippen molar-refractivity contribution in [2.24, 2.45) is 0 Å². The number of hydrogen-bond acceptors (Lipinski definition) is 5. The Kier molecular flexibility index (Phi) is 8.83. The third-order valence-electron chi connectivity index (χ3n) is 6.75. The molecule has 1 amide bonds. The summed E-state index contributed by atoms with van der Waals surface area (Å²) in [5.41, 5.74) is 5.24. The Labute approximate surface area is 216 Å². The van der Waals surface area contributed by atoms with Crippen molar-refractivity contribution in [1.29, 1.82) is 0 Å². The molecule has 0 aliphatic carbocycles. The highest BCUT2D eigenvalue weighted by Crippen LogP contribution is 2.35. The van der Waals surface area contributed by atoms with Crippen LogP contribution >= 0.6 is 0 Å². The summed E-state index contributed by atoms with van der Waals surface area (Å²) in [7, 11) is 0. The zero-order valence-electron chi connectivity index (χ0n) is 22.8. The minimum atomic E-state index is -0.601. The molecule has 1 aliphatic heterocycles. The average molecular weight is 495 g/mol. The Balaban J connectivity index is 1.78.